The monoisotopic (exact) mass is 348 g/mol. The number of ether oxygens (including phenoxy) is 2. The maximum absolute atomic E-state index is 12.0. The SMILES string of the molecule is CN(C)C(=O)CNC(=O)COC(=O)c1ccc(OC(F)(F)F)cc1. The largest absolute Gasteiger partial charge is 0.573 e. The van der Waals surface area contributed by atoms with Crippen LogP contribution in [0.15, 0.2) is 24.3 Å². The second kappa shape index (κ2) is 8.18. The summed E-state index contributed by atoms with van der Waals surface area (Å²) in [6.07, 6.45) is -4.83. The number of nitrogens with zero attached hydrogens (tertiary/aromatic N) is 1. The van der Waals surface area contributed by atoms with E-state index in [1.54, 1.807) is 0 Å². The third-order valence-corrected chi connectivity index (χ3v) is 2.59. The number of rotatable bonds is 6. The number of carbonyl (C=O) groups excluding carboxylic acids is 3. The maximum atomic E-state index is 12.0. The minimum atomic E-state index is -4.83. The van der Waals surface area contributed by atoms with Gasteiger partial charge in [-0.05, 0) is 24.3 Å². The predicted molar refractivity (Wildman–Crippen MR) is 75.1 cm³/mol. The highest BCUT2D eigenvalue weighted by molar-refractivity contribution is 5.92. The number of esters is 1. The molecule has 0 aliphatic carbocycles. The summed E-state index contributed by atoms with van der Waals surface area (Å²) >= 11 is 0. The highest BCUT2D eigenvalue weighted by atomic mass is 19.4. The van der Waals surface area contributed by atoms with E-state index in [2.05, 4.69) is 14.8 Å². The van der Waals surface area contributed by atoms with E-state index < -0.39 is 30.6 Å². The van der Waals surface area contributed by atoms with E-state index in [-0.39, 0.29) is 18.0 Å². The van der Waals surface area contributed by atoms with Gasteiger partial charge in [-0.3, -0.25) is 9.59 Å². The first-order valence-electron chi connectivity index (χ1n) is 6.58. The lowest BCUT2D eigenvalue weighted by molar-refractivity contribution is -0.274. The Kier molecular flexibility index (Phi) is 6.57. The third kappa shape index (κ3) is 6.99. The summed E-state index contributed by atoms with van der Waals surface area (Å²) < 4.78 is 44.4. The first-order valence-corrected chi connectivity index (χ1v) is 6.58. The number of hydrogen-bond acceptors (Lipinski definition) is 5. The molecule has 0 atom stereocenters. The summed E-state index contributed by atoms with van der Waals surface area (Å²) in [5.41, 5.74) is -0.0540. The van der Waals surface area contributed by atoms with Crippen LogP contribution in [0.4, 0.5) is 13.2 Å². The summed E-state index contributed by atoms with van der Waals surface area (Å²) in [6.45, 7) is -0.868. The van der Waals surface area contributed by atoms with Crippen molar-refractivity contribution in [3.05, 3.63) is 29.8 Å². The van der Waals surface area contributed by atoms with Crippen LogP contribution in [0.25, 0.3) is 0 Å². The van der Waals surface area contributed by atoms with Crippen molar-refractivity contribution in [1.29, 1.82) is 0 Å². The molecule has 0 heterocycles. The zero-order valence-electron chi connectivity index (χ0n) is 12.8. The van der Waals surface area contributed by atoms with Gasteiger partial charge in [-0.1, -0.05) is 0 Å². The van der Waals surface area contributed by atoms with Crippen LogP contribution in [-0.4, -0.2) is 56.3 Å². The Morgan fingerprint density at radius 3 is 2.21 bits per heavy atom. The van der Waals surface area contributed by atoms with Gasteiger partial charge < -0.3 is 19.7 Å². The van der Waals surface area contributed by atoms with Crippen molar-refractivity contribution in [3.63, 3.8) is 0 Å². The normalized spacial score (nSPS) is 10.7. The van der Waals surface area contributed by atoms with Crippen LogP contribution < -0.4 is 10.1 Å². The van der Waals surface area contributed by atoms with Crippen LogP contribution in [-0.2, 0) is 14.3 Å². The molecule has 0 spiro atoms. The highest BCUT2D eigenvalue weighted by Crippen LogP contribution is 2.22. The van der Waals surface area contributed by atoms with Gasteiger partial charge >= 0.3 is 12.3 Å². The van der Waals surface area contributed by atoms with Gasteiger partial charge in [-0.25, -0.2) is 4.79 Å². The van der Waals surface area contributed by atoms with Crippen LogP contribution in [0.1, 0.15) is 10.4 Å². The second-order valence-electron chi connectivity index (χ2n) is 4.71. The molecule has 0 aromatic heterocycles. The van der Waals surface area contributed by atoms with Gasteiger partial charge in [0.05, 0.1) is 12.1 Å². The molecule has 0 saturated heterocycles. The van der Waals surface area contributed by atoms with Crippen LogP contribution in [0.2, 0.25) is 0 Å². The number of nitrogens with one attached hydrogen (secondary N) is 1. The third-order valence-electron chi connectivity index (χ3n) is 2.59. The summed E-state index contributed by atoms with van der Waals surface area (Å²) in [5.74, 6) is -2.41. The minimum Gasteiger partial charge on any atom is -0.452 e. The lowest BCUT2D eigenvalue weighted by atomic mass is 10.2. The molecular formula is C14H15F3N2O5. The van der Waals surface area contributed by atoms with E-state index in [0.29, 0.717) is 0 Å². The smallest absolute Gasteiger partial charge is 0.452 e. The molecule has 0 bridgehead atoms. The van der Waals surface area contributed by atoms with E-state index in [4.69, 9.17) is 0 Å². The maximum Gasteiger partial charge on any atom is 0.573 e. The molecule has 0 radical (unpaired) electrons. The van der Waals surface area contributed by atoms with Crippen molar-refractivity contribution in [2.75, 3.05) is 27.2 Å². The molecule has 1 aromatic rings. The fourth-order valence-corrected chi connectivity index (χ4v) is 1.39. The second-order valence-corrected chi connectivity index (χ2v) is 4.71. The topological polar surface area (TPSA) is 84.9 Å². The standard InChI is InChI=1S/C14H15F3N2O5/c1-19(2)12(21)7-18-11(20)8-23-13(22)9-3-5-10(6-4-9)24-14(15,16)17/h3-6H,7-8H2,1-2H3,(H,18,20). The van der Waals surface area contributed by atoms with Crippen LogP contribution in [0, 0.1) is 0 Å². The number of benzene rings is 1. The molecule has 0 aliphatic rings. The van der Waals surface area contributed by atoms with Crippen molar-refractivity contribution < 1.29 is 37.0 Å². The van der Waals surface area contributed by atoms with Crippen molar-refractivity contribution in [2.45, 2.75) is 6.36 Å². The van der Waals surface area contributed by atoms with Crippen LogP contribution >= 0.6 is 0 Å². The van der Waals surface area contributed by atoms with Crippen LogP contribution in [0.5, 0.6) is 5.75 Å². The van der Waals surface area contributed by atoms with Gasteiger partial charge in [0.25, 0.3) is 5.91 Å². The van der Waals surface area contributed by atoms with E-state index in [9.17, 15) is 27.6 Å². The zero-order valence-corrected chi connectivity index (χ0v) is 12.8. The number of alkyl halides is 3. The fraction of sp³-hybridized carbons (Fsp3) is 0.357. The fourth-order valence-electron chi connectivity index (χ4n) is 1.39. The van der Waals surface area contributed by atoms with Crippen molar-refractivity contribution in [1.82, 2.24) is 10.2 Å². The quantitative estimate of drug-likeness (QED) is 0.774. The number of hydrogen-bond donors (Lipinski definition) is 1. The Morgan fingerprint density at radius 2 is 1.71 bits per heavy atom. The Morgan fingerprint density at radius 1 is 1.12 bits per heavy atom. The Hall–Kier alpha value is -2.78. The predicted octanol–water partition coefficient (Wildman–Crippen LogP) is 0.946. The van der Waals surface area contributed by atoms with Gasteiger partial charge in [-0.15, -0.1) is 13.2 Å². The molecule has 0 saturated carbocycles. The molecule has 0 aliphatic heterocycles. The Labute approximate surface area is 135 Å². The first kappa shape index (κ1) is 19.3. The van der Waals surface area contributed by atoms with E-state index in [1.807, 2.05) is 0 Å². The van der Waals surface area contributed by atoms with E-state index in [1.165, 1.54) is 19.0 Å². The molecule has 1 rings (SSSR count). The average Bonchev–Trinajstić information content (AvgIpc) is 2.49. The van der Waals surface area contributed by atoms with Crippen LogP contribution in [0.3, 0.4) is 0 Å². The number of amides is 2. The summed E-state index contributed by atoms with van der Waals surface area (Å²) in [6, 6.07) is 4.02. The molecule has 24 heavy (non-hydrogen) atoms. The van der Waals surface area contributed by atoms with Gasteiger partial charge in [0.2, 0.25) is 5.91 Å². The van der Waals surface area contributed by atoms with Crippen molar-refractivity contribution in [2.24, 2.45) is 0 Å². The van der Waals surface area contributed by atoms with Crippen molar-refractivity contribution >= 4 is 17.8 Å². The lowest BCUT2D eigenvalue weighted by Crippen LogP contribution is -2.38. The summed E-state index contributed by atoms with van der Waals surface area (Å²) in [4.78, 5) is 35.6. The minimum absolute atomic E-state index is 0.0540. The van der Waals surface area contributed by atoms with Gasteiger partial charge in [0, 0.05) is 14.1 Å². The van der Waals surface area contributed by atoms with Crippen molar-refractivity contribution in [3.8, 4) is 5.75 Å². The number of carbonyl (C=O) groups is 3. The summed E-state index contributed by atoms with van der Waals surface area (Å²) in [5, 5.41) is 2.25. The Balaban J connectivity index is 2.45. The molecule has 1 N–H and O–H groups in total. The molecule has 10 heteroatoms. The number of halogens is 3. The molecule has 0 unspecified atom stereocenters. The van der Waals surface area contributed by atoms with Gasteiger partial charge in [-0.2, -0.15) is 0 Å². The average molecular weight is 348 g/mol. The zero-order chi connectivity index (χ0) is 18.3. The molecule has 1 aromatic carbocycles. The molecular weight excluding hydrogens is 333 g/mol. The molecule has 0 fully saturated rings. The highest BCUT2D eigenvalue weighted by Gasteiger charge is 2.31. The van der Waals surface area contributed by atoms with E-state index >= 15 is 0 Å². The molecule has 132 valence electrons. The lowest BCUT2D eigenvalue weighted by Gasteiger charge is -2.11. The van der Waals surface area contributed by atoms with Gasteiger partial charge in [0.15, 0.2) is 6.61 Å². The Bertz CT molecular complexity index is 599. The van der Waals surface area contributed by atoms with Gasteiger partial charge in [0.1, 0.15) is 5.75 Å². The summed E-state index contributed by atoms with van der Waals surface area (Å²) in [7, 11) is 3.03. The molecule has 7 nitrogen and oxygen atoms in total. The first-order chi connectivity index (χ1) is 11.1. The van der Waals surface area contributed by atoms with E-state index in [0.717, 1.165) is 24.3 Å². The molecule has 2 amide bonds. The number of likely N-dealkylation sites (N-methyl/N-ethyl adjacent to an activating group) is 1.